The number of aliphatic carboxylic acids is 2. The minimum absolute atomic E-state index is 0.0166. The van der Waals surface area contributed by atoms with E-state index in [2.05, 4.69) is 32.1 Å². The number of aliphatic hydroxyl groups excluding tert-OH is 1. The molecule has 11 N–H and O–H groups in total. The summed E-state index contributed by atoms with van der Waals surface area (Å²) in [6.07, 6.45) is 19.1. The van der Waals surface area contributed by atoms with Crippen molar-refractivity contribution in [3.63, 3.8) is 0 Å². The number of hydrogen-bond donors (Lipinski definition) is 10. The van der Waals surface area contributed by atoms with E-state index in [4.69, 9.17) is 29.8 Å². The highest BCUT2D eigenvalue weighted by Gasteiger charge is 2.26. The third-order valence-electron chi connectivity index (χ3n) is 12.8. The van der Waals surface area contributed by atoms with E-state index in [1.807, 2.05) is 6.92 Å². The predicted molar refractivity (Wildman–Crippen MR) is 298 cm³/mol. The number of Topliss-reactive ketones (excluding diaryl/α,β-unsaturated/α-hetero) is 2. The van der Waals surface area contributed by atoms with Gasteiger partial charge in [-0.25, -0.2) is 10.2 Å². The SMILES string of the molecule is CC[C@@H](CCCCNC(=O)COCCOCCNC(=O)COCCOCCCC(=O)CC[C@H](NC(=O)CCCCCCCCCCCCCCCCC(=O)O)C(=O)O)C(=O)CN[C@@H](CCS(C)=O)C(=O)NN[C@H](C(N)=O)C(C)O. The number of unbranched alkanes of at least 4 members (excludes halogenated alkanes) is 14. The second kappa shape index (κ2) is 50.5. The molecular weight excluding hydrogens is 1050 g/mol. The normalized spacial score (nSPS) is 13.6. The predicted octanol–water partition coefficient (Wildman–Crippen LogP) is 2.66. The van der Waals surface area contributed by atoms with E-state index < -0.39 is 58.8 Å². The number of amides is 5. The van der Waals surface area contributed by atoms with Crippen LogP contribution in [0.25, 0.3) is 0 Å². The lowest BCUT2D eigenvalue weighted by Gasteiger charge is -2.23. The molecule has 0 bridgehead atoms. The maximum Gasteiger partial charge on any atom is 0.326 e. The van der Waals surface area contributed by atoms with Gasteiger partial charge in [0, 0.05) is 74.1 Å². The van der Waals surface area contributed by atoms with E-state index in [9.17, 15) is 57.6 Å². The molecule has 0 saturated carbocycles. The summed E-state index contributed by atoms with van der Waals surface area (Å²) in [5.74, 6) is -4.65. The van der Waals surface area contributed by atoms with Crippen molar-refractivity contribution in [2.24, 2.45) is 11.7 Å². The van der Waals surface area contributed by atoms with Crippen molar-refractivity contribution in [1.29, 1.82) is 0 Å². The van der Waals surface area contributed by atoms with E-state index in [-0.39, 0.29) is 145 Å². The number of ketones is 2. The van der Waals surface area contributed by atoms with E-state index in [0.717, 1.165) is 44.9 Å². The molecule has 0 aliphatic rings. The molecule has 6 atom stereocenters. The lowest BCUT2D eigenvalue weighted by molar-refractivity contribution is -0.142. The van der Waals surface area contributed by atoms with E-state index in [1.165, 1.54) is 51.7 Å². The highest BCUT2D eigenvalue weighted by Crippen LogP contribution is 2.16. The maximum absolute atomic E-state index is 13.0. The van der Waals surface area contributed by atoms with Crippen LogP contribution in [0.1, 0.15) is 174 Å². The first kappa shape index (κ1) is 74.5. The molecular formula is C54H99N7O17S. The zero-order valence-electron chi connectivity index (χ0n) is 47.6. The van der Waals surface area contributed by atoms with E-state index >= 15 is 0 Å². The molecule has 0 fully saturated rings. The summed E-state index contributed by atoms with van der Waals surface area (Å²) in [5.41, 5.74) is 9.99. The average molecular weight is 1150 g/mol. The van der Waals surface area contributed by atoms with Crippen LogP contribution in [0, 0.1) is 5.92 Å². The molecule has 2 unspecified atom stereocenters. The van der Waals surface area contributed by atoms with E-state index in [1.54, 1.807) is 0 Å². The van der Waals surface area contributed by atoms with Gasteiger partial charge in [0.05, 0.1) is 51.7 Å². The number of primary amides is 1. The van der Waals surface area contributed by atoms with Gasteiger partial charge in [0.1, 0.15) is 36.9 Å². The third-order valence-corrected chi connectivity index (χ3v) is 13.6. The summed E-state index contributed by atoms with van der Waals surface area (Å²) >= 11 is 0. The van der Waals surface area contributed by atoms with Crippen molar-refractivity contribution in [1.82, 2.24) is 32.1 Å². The van der Waals surface area contributed by atoms with Crippen molar-refractivity contribution in [2.45, 2.75) is 199 Å². The molecule has 0 saturated heterocycles. The van der Waals surface area contributed by atoms with Crippen LogP contribution < -0.4 is 37.9 Å². The summed E-state index contributed by atoms with van der Waals surface area (Å²) in [6.45, 7) is 4.64. The molecule has 0 aliphatic heterocycles. The Bertz CT molecular complexity index is 1750. The Morgan fingerprint density at radius 1 is 0.570 bits per heavy atom. The number of carboxylic acids is 2. The highest BCUT2D eigenvalue weighted by atomic mass is 32.2. The number of ether oxygens (including phenoxy) is 4. The minimum atomic E-state index is -1.23. The first-order valence-electron chi connectivity index (χ1n) is 28.6. The molecule has 0 aromatic heterocycles. The molecule has 25 heteroatoms. The molecule has 0 spiro atoms. The lowest BCUT2D eigenvalue weighted by atomic mass is 9.94. The molecule has 79 heavy (non-hydrogen) atoms. The Kier molecular flexibility index (Phi) is 47.6. The standard InChI is InChI=1S/C54H99N7O17S/c1-4-42(46(64)38-58-44(28-37-79(3)74)53(71)61-60-51(41(2)62)52(55)70)22-19-20-29-56-48(66)39-78-36-34-76-32-30-57-49(67)40-77-35-33-75-31-21-23-43(63)26-27-45(54(72)73)59-47(65)24-17-15-13-11-9-7-5-6-8-10-12-14-16-18-25-50(68)69/h41-42,44-45,51,58,60,62H,4-40H2,1-3H3,(H2,55,70)(H,56,66)(H,57,67)(H,59,65)(H,61,71)(H,68,69)(H,72,73)/t41?,42-,44-,45-,51-,79?/m0/s1. The number of carboxylic acid groups (broad SMARTS) is 2. The van der Waals surface area contributed by atoms with Gasteiger partial charge in [-0.05, 0) is 58.3 Å². The Morgan fingerprint density at radius 2 is 1.10 bits per heavy atom. The van der Waals surface area contributed by atoms with Gasteiger partial charge in [0.15, 0.2) is 0 Å². The van der Waals surface area contributed by atoms with Crippen molar-refractivity contribution in [2.75, 3.05) is 84.5 Å². The van der Waals surface area contributed by atoms with Gasteiger partial charge in [-0.2, -0.15) is 0 Å². The first-order chi connectivity index (χ1) is 37.9. The first-order valence-corrected chi connectivity index (χ1v) is 30.3. The Labute approximate surface area is 470 Å². The smallest absolute Gasteiger partial charge is 0.326 e. The minimum Gasteiger partial charge on any atom is -0.481 e. The summed E-state index contributed by atoms with van der Waals surface area (Å²) in [4.78, 5) is 109. The third kappa shape index (κ3) is 45.9. The van der Waals surface area contributed by atoms with Crippen molar-refractivity contribution in [3.8, 4) is 0 Å². The molecule has 0 radical (unpaired) electrons. The maximum atomic E-state index is 13.0. The number of hydrazine groups is 1. The van der Waals surface area contributed by atoms with Gasteiger partial charge >= 0.3 is 11.9 Å². The van der Waals surface area contributed by atoms with Gasteiger partial charge in [0.25, 0.3) is 5.91 Å². The van der Waals surface area contributed by atoms with Crippen LogP contribution >= 0.6 is 0 Å². The summed E-state index contributed by atoms with van der Waals surface area (Å²) in [5, 5.41) is 38.9. The zero-order chi connectivity index (χ0) is 58.9. The van der Waals surface area contributed by atoms with Gasteiger partial charge in [-0.3, -0.25) is 53.3 Å². The highest BCUT2D eigenvalue weighted by molar-refractivity contribution is 7.84. The number of nitrogens with one attached hydrogen (secondary N) is 6. The van der Waals surface area contributed by atoms with Crippen LogP contribution in [-0.2, 0) is 72.9 Å². The number of hydrogen-bond acceptors (Lipinski definition) is 17. The largest absolute Gasteiger partial charge is 0.481 e. The number of nitrogens with two attached hydrogens (primary N) is 1. The topological polar surface area (TPSA) is 367 Å². The van der Waals surface area contributed by atoms with E-state index in [0.29, 0.717) is 45.1 Å². The Morgan fingerprint density at radius 3 is 1.62 bits per heavy atom. The van der Waals surface area contributed by atoms with Crippen LogP contribution in [0.15, 0.2) is 0 Å². The molecule has 0 aromatic rings. The second-order valence-corrected chi connectivity index (χ2v) is 21.4. The Hall–Kier alpha value is -4.50. The molecule has 24 nitrogen and oxygen atoms in total. The molecule has 0 rings (SSSR count). The van der Waals surface area contributed by atoms with Gasteiger partial charge in [-0.15, -0.1) is 0 Å². The molecule has 0 aliphatic carbocycles. The summed E-state index contributed by atoms with van der Waals surface area (Å²) < 4.78 is 33.3. The molecule has 5 amide bonds. The number of rotatable bonds is 57. The van der Waals surface area contributed by atoms with Crippen LogP contribution in [-0.4, -0.2) is 181 Å². The molecule has 458 valence electrons. The number of carbonyl (C=O) groups is 9. The number of aliphatic hydroxyl groups is 1. The summed E-state index contributed by atoms with van der Waals surface area (Å²) in [7, 11) is -1.20. The number of carbonyl (C=O) groups excluding carboxylic acids is 7. The second-order valence-electron chi connectivity index (χ2n) is 19.8. The fraction of sp³-hybridized carbons (Fsp3) is 0.833. The fourth-order valence-corrected chi connectivity index (χ4v) is 8.69. The van der Waals surface area contributed by atoms with Crippen LogP contribution in [0.4, 0.5) is 0 Å². The average Bonchev–Trinajstić information content (AvgIpc) is 3.39. The van der Waals surface area contributed by atoms with Crippen molar-refractivity contribution in [3.05, 3.63) is 0 Å². The van der Waals surface area contributed by atoms with Crippen LogP contribution in [0.5, 0.6) is 0 Å². The van der Waals surface area contributed by atoms with Gasteiger partial charge < -0.3 is 56.0 Å². The molecule has 0 heterocycles. The van der Waals surface area contributed by atoms with Gasteiger partial charge in [0.2, 0.25) is 23.6 Å². The van der Waals surface area contributed by atoms with Crippen molar-refractivity contribution < 1.29 is 81.6 Å². The van der Waals surface area contributed by atoms with Crippen LogP contribution in [0.3, 0.4) is 0 Å². The van der Waals surface area contributed by atoms with Crippen molar-refractivity contribution >= 4 is 63.8 Å². The summed E-state index contributed by atoms with van der Waals surface area (Å²) in [6, 6.07) is -3.25. The zero-order valence-corrected chi connectivity index (χ0v) is 48.4. The van der Waals surface area contributed by atoms with Crippen LogP contribution in [0.2, 0.25) is 0 Å². The molecule has 0 aromatic carbocycles. The monoisotopic (exact) mass is 1150 g/mol. The quantitative estimate of drug-likeness (QED) is 0.0309. The lowest BCUT2D eigenvalue weighted by Crippen LogP contribution is -2.58. The van der Waals surface area contributed by atoms with Gasteiger partial charge in [-0.1, -0.05) is 90.4 Å². The fourth-order valence-electron chi connectivity index (χ4n) is 8.12. The Balaban J connectivity index is 3.91.